The molecule has 1 N–H and O–H groups in total. The number of imidazole rings is 1. The maximum Gasteiger partial charge on any atom is 0.274 e. The molecular formula is C24H26N6O3. The van der Waals surface area contributed by atoms with Crippen LogP contribution >= 0.6 is 0 Å². The molecule has 2 amide bonds. The number of aromatic nitrogens is 3. The van der Waals surface area contributed by atoms with Crippen molar-refractivity contribution in [2.45, 2.75) is 12.8 Å². The van der Waals surface area contributed by atoms with Crippen molar-refractivity contribution in [2.24, 2.45) is 5.92 Å². The second kappa shape index (κ2) is 8.93. The van der Waals surface area contributed by atoms with Gasteiger partial charge in [-0.3, -0.25) is 14.2 Å². The number of pyridine rings is 1. The lowest BCUT2D eigenvalue weighted by molar-refractivity contribution is -0.117. The summed E-state index contributed by atoms with van der Waals surface area (Å²) in [4.78, 5) is 37.6. The number of hydrogen-bond acceptors (Lipinski definition) is 6. The molecule has 0 bridgehead atoms. The number of nitrogens with zero attached hydrogens (tertiary/aromatic N) is 5. The SMILES string of the molecule is COc1ccc(N2CCN(C(=O)c3cn(-c4ccc(NC(=O)C5CC5)cn4)cn3)CC2)cc1. The van der Waals surface area contributed by atoms with E-state index in [2.05, 4.69) is 20.2 Å². The molecule has 0 unspecified atom stereocenters. The van der Waals surface area contributed by atoms with Crippen molar-refractivity contribution >= 4 is 23.2 Å². The highest BCUT2D eigenvalue weighted by Gasteiger charge is 2.29. The molecule has 2 aromatic heterocycles. The molecule has 2 fully saturated rings. The summed E-state index contributed by atoms with van der Waals surface area (Å²) in [6.07, 6.45) is 6.82. The van der Waals surface area contributed by atoms with E-state index in [9.17, 15) is 9.59 Å². The molecule has 3 heterocycles. The van der Waals surface area contributed by atoms with Crippen LogP contribution in [0, 0.1) is 5.92 Å². The summed E-state index contributed by atoms with van der Waals surface area (Å²) in [5, 5.41) is 2.87. The van der Waals surface area contributed by atoms with Crippen molar-refractivity contribution < 1.29 is 14.3 Å². The minimum absolute atomic E-state index is 0.0483. The van der Waals surface area contributed by atoms with Gasteiger partial charge >= 0.3 is 0 Å². The summed E-state index contributed by atoms with van der Waals surface area (Å²) >= 11 is 0. The van der Waals surface area contributed by atoms with E-state index in [-0.39, 0.29) is 17.7 Å². The highest BCUT2D eigenvalue weighted by Crippen LogP contribution is 2.30. The predicted molar refractivity (Wildman–Crippen MR) is 124 cm³/mol. The van der Waals surface area contributed by atoms with Gasteiger partial charge < -0.3 is 19.9 Å². The van der Waals surface area contributed by atoms with Gasteiger partial charge in [-0.2, -0.15) is 0 Å². The lowest BCUT2D eigenvalue weighted by atomic mass is 10.2. The first-order valence-electron chi connectivity index (χ1n) is 11.1. The van der Waals surface area contributed by atoms with E-state index in [0.717, 1.165) is 37.4 Å². The van der Waals surface area contributed by atoms with Gasteiger partial charge in [0.2, 0.25) is 5.91 Å². The zero-order chi connectivity index (χ0) is 22.8. The molecule has 0 radical (unpaired) electrons. The molecule has 1 saturated carbocycles. The van der Waals surface area contributed by atoms with E-state index in [4.69, 9.17) is 4.74 Å². The third-order valence-electron chi connectivity index (χ3n) is 6.03. The lowest BCUT2D eigenvalue weighted by Crippen LogP contribution is -2.48. The number of anilines is 2. The number of nitrogens with one attached hydrogen (secondary N) is 1. The van der Waals surface area contributed by atoms with Gasteiger partial charge in [-0.1, -0.05) is 0 Å². The van der Waals surface area contributed by atoms with Crippen LogP contribution in [0.5, 0.6) is 5.75 Å². The molecule has 1 aliphatic heterocycles. The Kier molecular flexibility index (Phi) is 5.68. The number of hydrogen-bond donors (Lipinski definition) is 1. The Morgan fingerprint density at radius 1 is 1.00 bits per heavy atom. The summed E-state index contributed by atoms with van der Waals surface area (Å²) in [6, 6.07) is 11.6. The van der Waals surface area contributed by atoms with Crippen LogP contribution in [0.1, 0.15) is 23.3 Å². The lowest BCUT2D eigenvalue weighted by Gasteiger charge is -2.35. The molecule has 170 valence electrons. The quantitative estimate of drug-likeness (QED) is 0.626. The second-order valence-electron chi connectivity index (χ2n) is 8.31. The second-order valence-corrected chi connectivity index (χ2v) is 8.31. The smallest absolute Gasteiger partial charge is 0.274 e. The Labute approximate surface area is 192 Å². The largest absolute Gasteiger partial charge is 0.497 e. The molecule has 33 heavy (non-hydrogen) atoms. The van der Waals surface area contributed by atoms with Crippen LogP contribution in [-0.2, 0) is 4.79 Å². The van der Waals surface area contributed by atoms with Gasteiger partial charge in [0.15, 0.2) is 0 Å². The maximum absolute atomic E-state index is 13.0. The number of rotatable bonds is 6. The molecule has 3 aromatic rings. The first-order valence-corrected chi connectivity index (χ1v) is 11.1. The van der Waals surface area contributed by atoms with Gasteiger partial charge in [-0.05, 0) is 49.2 Å². The average Bonchev–Trinajstić information content (AvgIpc) is 3.61. The molecule has 9 nitrogen and oxygen atoms in total. The van der Waals surface area contributed by atoms with Crippen LogP contribution in [0.2, 0.25) is 0 Å². The number of piperazine rings is 1. The van der Waals surface area contributed by atoms with Crippen LogP contribution in [0.25, 0.3) is 5.82 Å². The molecule has 1 saturated heterocycles. The Morgan fingerprint density at radius 2 is 1.76 bits per heavy atom. The number of ether oxygens (including phenoxy) is 1. The predicted octanol–water partition coefficient (Wildman–Crippen LogP) is 2.59. The Balaban J connectivity index is 1.18. The van der Waals surface area contributed by atoms with E-state index in [1.165, 1.54) is 0 Å². The first kappa shape index (κ1) is 21.0. The van der Waals surface area contributed by atoms with Crippen molar-refractivity contribution in [2.75, 3.05) is 43.5 Å². The number of methoxy groups -OCH3 is 1. The third kappa shape index (κ3) is 4.67. The fourth-order valence-corrected chi connectivity index (χ4v) is 3.88. The molecule has 5 rings (SSSR count). The number of carbonyl (C=O) groups is 2. The molecule has 1 aromatic carbocycles. The number of carbonyl (C=O) groups excluding carboxylic acids is 2. The molecule has 2 aliphatic rings. The molecular weight excluding hydrogens is 420 g/mol. The van der Waals surface area contributed by atoms with E-state index in [1.54, 1.807) is 36.5 Å². The Hall–Kier alpha value is -3.88. The topological polar surface area (TPSA) is 92.6 Å². The minimum Gasteiger partial charge on any atom is -0.497 e. The van der Waals surface area contributed by atoms with Crippen molar-refractivity contribution in [3.63, 3.8) is 0 Å². The van der Waals surface area contributed by atoms with Crippen LogP contribution in [0.3, 0.4) is 0 Å². The van der Waals surface area contributed by atoms with Crippen molar-refractivity contribution in [1.29, 1.82) is 0 Å². The van der Waals surface area contributed by atoms with E-state index < -0.39 is 0 Å². The molecule has 0 spiro atoms. The van der Waals surface area contributed by atoms with Crippen LogP contribution in [0.4, 0.5) is 11.4 Å². The van der Waals surface area contributed by atoms with E-state index in [1.807, 2.05) is 35.2 Å². The summed E-state index contributed by atoms with van der Waals surface area (Å²) in [5.41, 5.74) is 2.18. The Morgan fingerprint density at radius 3 is 2.39 bits per heavy atom. The zero-order valence-electron chi connectivity index (χ0n) is 18.5. The Bertz CT molecular complexity index is 1130. The van der Waals surface area contributed by atoms with Gasteiger partial charge in [0.25, 0.3) is 5.91 Å². The van der Waals surface area contributed by atoms with Crippen LogP contribution < -0.4 is 15.0 Å². The van der Waals surface area contributed by atoms with E-state index in [0.29, 0.717) is 30.3 Å². The van der Waals surface area contributed by atoms with Gasteiger partial charge in [-0.25, -0.2) is 9.97 Å². The first-order chi connectivity index (χ1) is 16.1. The van der Waals surface area contributed by atoms with Crippen molar-refractivity contribution in [3.05, 3.63) is 60.8 Å². The molecule has 0 atom stereocenters. The summed E-state index contributed by atoms with van der Waals surface area (Å²) in [5.74, 6) is 1.57. The normalized spacial score (nSPS) is 15.9. The number of benzene rings is 1. The maximum atomic E-state index is 13.0. The van der Waals surface area contributed by atoms with E-state index >= 15 is 0 Å². The van der Waals surface area contributed by atoms with Gasteiger partial charge in [0.05, 0.1) is 19.0 Å². The summed E-state index contributed by atoms with van der Waals surface area (Å²) in [6.45, 7) is 2.78. The standard InChI is InChI=1S/C24H26N6O3/c1-33-20-7-5-19(6-8-20)28-10-12-29(13-11-28)24(32)21-15-30(16-26-21)22-9-4-18(14-25-22)27-23(31)17-2-3-17/h4-9,14-17H,2-3,10-13H2,1H3,(H,27,31). The minimum atomic E-state index is -0.0866. The molecule has 1 aliphatic carbocycles. The summed E-state index contributed by atoms with van der Waals surface area (Å²) < 4.78 is 6.93. The van der Waals surface area contributed by atoms with Gasteiger partial charge in [0, 0.05) is 44.0 Å². The number of amides is 2. The summed E-state index contributed by atoms with van der Waals surface area (Å²) in [7, 11) is 1.65. The van der Waals surface area contributed by atoms with Crippen molar-refractivity contribution in [3.8, 4) is 11.6 Å². The fourth-order valence-electron chi connectivity index (χ4n) is 3.88. The van der Waals surface area contributed by atoms with Crippen molar-refractivity contribution in [1.82, 2.24) is 19.4 Å². The van der Waals surface area contributed by atoms with Gasteiger partial charge in [0.1, 0.15) is 23.6 Å². The zero-order valence-corrected chi connectivity index (χ0v) is 18.5. The molecule has 9 heteroatoms. The third-order valence-corrected chi connectivity index (χ3v) is 6.03. The van der Waals surface area contributed by atoms with Crippen LogP contribution in [0.15, 0.2) is 55.1 Å². The monoisotopic (exact) mass is 446 g/mol. The highest BCUT2D eigenvalue weighted by molar-refractivity contribution is 5.94. The van der Waals surface area contributed by atoms with Gasteiger partial charge in [-0.15, -0.1) is 0 Å². The fraction of sp³-hybridized carbons (Fsp3) is 0.333. The highest BCUT2D eigenvalue weighted by atomic mass is 16.5. The average molecular weight is 447 g/mol. The van der Waals surface area contributed by atoms with Crippen LogP contribution in [-0.4, -0.2) is 64.5 Å².